The smallest absolute Gasteiger partial charge is 0.0372 e. The lowest BCUT2D eigenvalue weighted by molar-refractivity contribution is 0.277. The van der Waals surface area contributed by atoms with Crippen molar-refractivity contribution in [3.63, 3.8) is 0 Å². The van der Waals surface area contributed by atoms with E-state index in [4.69, 9.17) is 0 Å². The Hall–Kier alpha value is -0.890. The molecule has 0 spiro atoms. The zero-order chi connectivity index (χ0) is 9.82. The number of nitrogens with zero attached hydrogens (tertiary/aromatic N) is 1. The summed E-state index contributed by atoms with van der Waals surface area (Å²) >= 11 is 0. The predicted molar refractivity (Wildman–Crippen MR) is 53.3 cm³/mol. The Bertz CT molecular complexity index is 151. The van der Waals surface area contributed by atoms with Gasteiger partial charge in [0, 0.05) is 26.1 Å². The molecule has 0 aliphatic carbocycles. The Morgan fingerprint density at radius 2 is 1.67 bits per heavy atom. The van der Waals surface area contributed by atoms with Crippen LogP contribution >= 0.6 is 0 Å². The maximum absolute atomic E-state index is 4.25. The first-order valence-corrected chi connectivity index (χ1v) is 4.09. The van der Waals surface area contributed by atoms with Crippen LogP contribution < -0.4 is 0 Å². The Morgan fingerprint density at radius 1 is 1.17 bits per heavy atom. The van der Waals surface area contributed by atoms with Crippen LogP contribution in [-0.2, 0) is 4.74 Å². The van der Waals surface area contributed by atoms with Gasteiger partial charge in [-0.15, -0.1) is 0 Å². The molecular weight excluding hydrogens is 150 g/mol. The van der Waals surface area contributed by atoms with Gasteiger partial charge in [0.1, 0.15) is 0 Å². The summed E-state index contributed by atoms with van der Waals surface area (Å²) < 4.78 is 4.25. The van der Waals surface area contributed by atoms with Crippen molar-refractivity contribution in [3.8, 4) is 0 Å². The third-order valence-corrected chi connectivity index (χ3v) is 0.813. The lowest BCUT2D eigenvalue weighted by Crippen LogP contribution is -1.72. The van der Waals surface area contributed by atoms with Gasteiger partial charge in [0.15, 0.2) is 0 Å². The maximum Gasteiger partial charge on any atom is 0.0372 e. The van der Waals surface area contributed by atoms with Crippen molar-refractivity contribution in [2.75, 3.05) is 14.2 Å². The molecule has 0 aromatic carbocycles. The summed E-state index contributed by atoms with van der Waals surface area (Å²) in [5.41, 5.74) is 1.07. The van der Waals surface area contributed by atoms with Crippen molar-refractivity contribution in [1.82, 2.24) is 4.98 Å². The monoisotopic (exact) mass is 169 g/mol. The fraction of sp³-hybridized carbons (Fsp3) is 0.500. The largest absolute Gasteiger partial charge is 0.388 e. The van der Waals surface area contributed by atoms with Crippen molar-refractivity contribution >= 4 is 0 Å². The van der Waals surface area contributed by atoms with E-state index in [-0.39, 0.29) is 0 Å². The Balaban J connectivity index is 0. The number of ether oxygens (including phenoxy) is 1. The van der Waals surface area contributed by atoms with Gasteiger partial charge in [-0.25, -0.2) is 0 Å². The molecule has 0 aliphatic heterocycles. The normalized spacial score (nSPS) is 7.08. The van der Waals surface area contributed by atoms with Gasteiger partial charge in [0.05, 0.1) is 0 Å². The standard InChI is InChI=1S/C6H7N.C2H6O.C2H6/c1-6-4-2-3-5-7-6;1-3-2;1-2/h2-5H,1H3;1-2H3;1-2H3. The maximum atomic E-state index is 4.25. The Kier molecular flexibility index (Phi) is 14.5. The first kappa shape index (κ1) is 13.7. The van der Waals surface area contributed by atoms with E-state index < -0.39 is 0 Å². The van der Waals surface area contributed by atoms with Crippen molar-refractivity contribution < 1.29 is 4.74 Å². The molecule has 0 saturated carbocycles. The van der Waals surface area contributed by atoms with Gasteiger partial charge >= 0.3 is 0 Å². The van der Waals surface area contributed by atoms with Crippen molar-refractivity contribution in [2.24, 2.45) is 0 Å². The van der Waals surface area contributed by atoms with Gasteiger partial charge in [-0.2, -0.15) is 0 Å². The second-order valence-corrected chi connectivity index (χ2v) is 1.88. The number of hydrogen-bond donors (Lipinski definition) is 0. The summed E-state index contributed by atoms with van der Waals surface area (Å²) in [5.74, 6) is 0. The quantitative estimate of drug-likeness (QED) is 0.595. The lowest BCUT2D eigenvalue weighted by Gasteiger charge is -1.82. The number of aromatic nitrogens is 1. The second-order valence-electron chi connectivity index (χ2n) is 1.88. The second kappa shape index (κ2) is 12.8. The molecule has 0 atom stereocenters. The minimum Gasteiger partial charge on any atom is -0.388 e. The van der Waals surface area contributed by atoms with Crippen molar-refractivity contribution in [2.45, 2.75) is 20.8 Å². The number of hydrogen-bond acceptors (Lipinski definition) is 2. The molecule has 12 heavy (non-hydrogen) atoms. The van der Waals surface area contributed by atoms with E-state index in [9.17, 15) is 0 Å². The molecule has 2 heteroatoms. The van der Waals surface area contributed by atoms with Gasteiger partial charge in [-0.1, -0.05) is 19.9 Å². The average Bonchev–Trinajstić information content (AvgIpc) is 2.11. The van der Waals surface area contributed by atoms with Gasteiger partial charge in [0.2, 0.25) is 0 Å². The van der Waals surface area contributed by atoms with E-state index in [1.165, 1.54) is 0 Å². The zero-order valence-corrected chi connectivity index (χ0v) is 8.66. The first-order valence-electron chi connectivity index (χ1n) is 4.09. The predicted octanol–water partition coefficient (Wildman–Crippen LogP) is 2.68. The summed E-state index contributed by atoms with van der Waals surface area (Å²) in [6.07, 6.45) is 1.79. The van der Waals surface area contributed by atoms with Gasteiger partial charge < -0.3 is 4.74 Å². The number of methoxy groups -OCH3 is 1. The third-order valence-electron chi connectivity index (χ3n) is 0.813. The van der Waals surface area contributed by atoms with E-state index in [0.717, 1.165) is 5.69 Å². The summed E-state index contributed by atoms with van der Waals surface area (Å²) in [6, 6.07) is 5.86. The van der Waals surface area contributed by atoms with Gasteiger partial charge in [0.25, 0.3) is 0 Å². The summed E-state index contributed by atoms with van der Waals surface area (Å²) in [4.78, 5) is 3.98. The molecule has 0 bridgehead atoms. The Labute approximate surface area is 75.6 Å². The third kappa shape index (κ3) is 11.9. The summed E-state index contributed by atoms with van der Waals surface area (Å²) in [7, 11) is 3.25. The molecule has 1 rings (SSSR count). The van der Waals surface area contributed by atoms with Crippen LogP contribution in [0.1, 0.15) is 19.5 Å². The molecular formula is C10H19NO. The van der Waals surface area contributed by atoms with Crippen LogP contribution in [0.5, 0.6) is 0 Å². The average molecular weight is 169 g/mol. The van der Waals surface area contributed by atoms with Gasteiger partial charge in [-0.3, -0.25) is 4.98 Å². The number of pyridine rings is 1. The molecule has 0 saturated heterocycles. The van der Waals surface area contributed by atoms with E-state index in [1.807, 2.05) is 39.0 Å². The molecule has 1 aromatic heterocycles. The van der Waals surface area contributed by atoms with Crippen LogP contribution in [-0.4, -0.2) is 19.2 Å². The lowest BCUT2D eigenvalue weighted by atomic mass is 10.4. The summed E-state index contributed by atoms with van der Waals surface area (Å²) in [5, 5.41) is 0. The molecule has 0 fully saturated rings. The highest BCUT2D eigenvalue weighted by Crippen LogP contribution is 1.85. The molecule has 1 heterocycles. The number of rotatable bonds is 0. The highest BCUT2D eigenvalue weighted by atomic mass is 16.4. The minimum absolute atomic E-state index is 1.07. The number of aryl methyl sites for hydroxylation is 1. The molecule has 0 N–H and O–H groups in total. The van der Waals surface area contributed by atoms with Crippen LogP contribution in [0.4, 0.5) is 0 Å². The zero-order valence-electron chi connectivity index (χ0n) is 8.66. The molecule has 0 radical (unpaired) electrons. The van der Waals surface area contributed by atoms with E-state index in [0.29, 0.717) is 0 Å². The SMILES string of the molecule is CC.COC.Cc1ccccn1. The molecule has 0 unspecified atom stereocenters. The van der Waals surface area contributed by atoms with Crippen LogP contribution in [0.15, 0.2) is 24.4 Å². The molecule has 1 aromatic rings. The molecule has 70 valence electrons. The van der Waals surface area contributed by atoms with Crippen molar-refractivity contribution in [1.29, 1.82) is 0 Å². The van der Waals surface area contributed by atoms with Gasteiger partial charge in [-0.05, 0) is 19.1 Å². The molecule has 0 aliphatic rings. The van der Waals surface area contributed by atoms with Crippen LogP contribution in [0.3, 0.4) is 0 Å². The van der Waals surface area contributed by atoms with Crippen LogP contribution in [0, 0.1) is 6.92 Å². The summed E-state index contributed by atoms with van der Waals surface area (Å²) in [6.45, 7) is 5.97. The molecule has 0 amide bonds. The van der Waals surface area contributed by atoms with E-state index in [1.54, 1.807) is 20.4 Å². The topological polar surface area (TPSA) is 22.1 Å². The highest BCUT2D eigenvalue weighted by Gasteiger charge is 1.73. The van der Waals surface area contributed by atoms with E-state index in [2.05, 4.69) is 9.72 Å². The highest BCUT2D eigenvalue weighted by molar-refractivity contribution is 4.99. The van der Waals surface area contributed by atoms with Crippen molar-refractivity contribution in [3.05, 3.63) is 30.1 Å². The Morgan fingerprint density at radius 3 is 1.83 bits per heavy atom. The fourth-order valence-electron chi connectivity index (χ4n) is 0.448. The van der Waals surface area contributed by atoms with Crippen LogP contribution in [0.25, 0.3) is 0 Å². The molecule has 2 nitrogen and oxygen atoms in total. The van der Waals surface area contributed by atoms with Crippen LogP contribution in [0.2, 0.25) is 0 Å². The van der Waals surface area contributed by atoms with E-state index >= 15 is 0 Å². The minimum atomic E-state index is 1.07. The fourth-order valence-corrected chi connectivity index (χ4v) is 0.448. The first-order chi connectivity index (χ1) is 5.81.